The summed E-state index contributed by atoms with van der Waals surface area (Å²) in [5, 5.41) is 12.6. The lowest BCUT2D eigenvalue weighted by atomic mass is 9.97. The second-order valence-electron chi connectivity index (χ2n) is 5.33. The monoisotopic (exact) mass is 242 g/mol. The van der Waals surface area contributed by atoms with E-state index in [1.165, 1.54) is 0 Å². The molecule has 3 unspecified atom stereocenters. The van der Waals surface area contributed by atoms with Gasteiger partial charge in [-0.2, -0.15) is 0 Å². The molecule has 1 saturated heterocycles. The van der Waals surface area contributed by atoms with Gasteiger partial charge in [-0.25, -0.2) is 0 Å². The first-order valence-electron chi connectivity index (χ1n) is 6.72. The van der Waals surface area contributed by atoms with E-state index in [0.717, 1.165) is 32.4 Å². The van der Waals surface area contributed by atoms with Crippen molar-refractivity contribution in [3.63, 3.8) is 0 Å². The van der Waals surface area contributed by atoms with E-state index in [9.17, 15) is 9.90 Å². The largest absolute Gasteiger partial charge is 0.393 e. The summed E-state index contributed by atoms with van der Waals surface area (Å²) < 4.78 is 0. The third-order valence-electron chi connectivity index (χ3n) is 3.44. The van der Waals surface area contributed by atoms with Gasteiger partial charge in [0.25, 0.3) is 0 Å². The van der Waals surface area contributed by atoms with Crippen molar-refractivity contribution in [3.8, 4) is 0 Å². The fourth-order valence-electron chi connectivity index (χ4n) is 2.39. The SMILES string of the molecule is CCCC(C)NC(=O)CN1CCC(O)C(C)C1. The minimum Gasteiger partial charge on any atom is -0.393 e. The Hall–Kier alpha value is -0.610. The van der Waals surface area contributed by atoms with Crippen LogP contribution < -0.4 is 5.32 Å². The van der Waals surface area contributed by atoms with Gasteiger partial charge < -0.3 is 10.4 Å². The Kier molecular flexibility index (Phi) is 5.92. The quantitative estimate of drug-likeness (QED) is 0.756. The van der Waals surface area contributed by atoms with Gasteiger partial charge in [0.1, 0.15) is 0 Å². The number of amides is 1. The molecule has 3 atom stereocenters. The molecule has 1 amide bonds. The second-order valence-corrected chi connectivity index (χ2v) is 5.33. The molecule has 17 heavy (non-hydrogen) atoms. The average Bonchev–Trinajstić information content (AvgIpc) is 2.23. The van der Waals surface area contributed by atoms with Crippen LogP contribution in [0.2, 0.25) is 0 Å². The van der Waals surface area contributed by atoms with Crippen LogP contribution in [0.15, 0.2) is 0 Å². The van der Waals surface area contributed by atoms with E-state index in [4.69, 9.17) is 0 Å². The normalized spacial score (nSPS) is 27.8. The number of rotatable bonds is 5. The highest BCUT2D eigenvalue weighted by Gasteiger charge is 2.25. The Bertz CT molecular complexity index is 246. The zero-order valence-electron chi connectivity index (χ0n) is 11.3. The van der Waals surface area contributed by atoms with Crippen LogP contribution >= 0.6 is 0 Å². The van der Waals surface area contributed by atoms with Crippen LogP contribution in [0.5, 0.6) is 0 Å². The molecular weight excluding hydrogens is 216 g/mol. The van der Waals surface area contributed by atoms with Crippen molar-refractivity contribution in [2.45, 2.75) is 52.2 Å². The Balaban J connectivity index is 2.27. The topological polar surface area (TPSA) is 52.6 Å². The van der Waals surface area contributed by atoms with E-state index >= 15 is 0 Å². The highest BCUT2D eigenvalue weighted by molar-refractivity contribution is 5.78. The molecule has 4 nitrogen and oxygen atoms in total. The lowest BCUT2D eigenvalue weighted by molar-refractivity contribution is -0.123. The van der Waals surface area contributed by atoms with Crippen molar-refractivity contribution in [1.29, 1.82) is 0 Å². The van der Waals surface area contributed by atoms with E-state index in [0.29, 0.717) is 6.54 Å². The number of aliphatic hydroxyl groups excluding tert-OH is 1. The van der Waals surface area contributed by atoms with Crippen molar-refractivity contribution in [3.05, 3.63) is 0 Å². The van der Waals surface area contributed by atoms with E-state index < -0.39 is 0 Å². The molecule has 0 radical (unpaired) electrons. The summed E-state index contributed by atoms with van der Waals surface area (Å²) in [6.07, 6.45) is 2.70. The van der Waals surface area contributed by atoms with Crippen molar-refractivity contribution in [2.24, 2.45) is 5.92 Å². The van der Waals surface area contributed by atoms with Gasteiger partial charge >= 0.3 is 0 Å². The van der Waals surface area contributed by atoms with Gasteiger partial charge in [0.15, 0.2) is 0 Å². The van der Waals surface area contributed by atoms with Crippen LogP contribution in [0.4, 0.5) is 0 Å². The molecule has 2 N–H and O–H groups in total. The number of aliphatic hydroxyl groups is 1. The molecule has 1 heterocycles. The highest BCUT2D eigenvalue weighted by atomic mass is 16.3. The molecule has 1 fully saturated rings. The molecule has 0 spiro atoms. The molecule has 1 aliphatic rings. The maximum absolute atomic E-state index is 11.8. The smallest absolute Gasteiger partial charge is 0.234 e. The van der Waals surface area contributed by atoms with Crippen molar-refractivity contribution in [1.82, 2.24) is 10.2 Å². The van der Waals surface area contributed by atoms with Crippen LogP contribution in [0, 0.1) is 5.92 Å². The Morgan fingerprint density at radius 2 is 2.29 bits per heavy atom. The summed E-state index contributed by atoms with van der Waals surface area (Å²) >= 11 is 0. The standard InChI is InChI=1S/C13H26N2O2/c1-4-5-11(3)14-13(17)9-15-7-6-12(16)10(2)8-15/h10-12,16H,4-9H2,1-3H3,(H,14,17). The van der Waals surface area contributed by atoms with Crippen LogP contribution in [0.1, 0.15) is 40.0 Å². The van der Waals surface area contributed by atoms with Gasteiger partial charge in [0.2, 0.25) is 5.91 Å². The molecule has 0 aliphatic carbocycles. The second kappa shape index (κ2) is 6.97. The van der Waals surface area contributed by atoms with Gasteiger partial charge in [-0.05, 0) is 25.7 Å². The van der Waals surface area contributed by atoms with E-state index in [1.54, 1.807) is 0 Å². The summed E-state index contributed by atoms with van der Waals surface area (Å²) in [7, 11) is 0. The zero-order chi connectivity index (χ0) is 12.8. The summed E-state index contributed by atoms with van der Waals surface area (Å²) in [4.78, 5) is 13.9. The number of nitrogens with one attached hydrogen (secondary N) is 1. The van der Waals surface area contributed by atoms with Crippen molar-refractivity contribution in [2.75, 3.05) is 19.6 Å². The number of likely N-dealkylation sites (tertiary alicyclic amines) is 1. The van der Waals surface area contributed by atoms with Crippen LogP contribution in [-0.4, -0.2) is 47.7 Å². The summed E-state index contributed by atoms with van der Waals surface area (Å²) in [6.45, 7) is 8.30. The van der Waals surface area contributed by atoms with E-state index in [-0.39, 0.29) is 24.0 Å². The molecule has 1 aliphatic heterocycles. The molecular formula is C13H26N2O2. The van der Waals surface area contributed by atoms with Crippen LogP contribution in [0.3, 0.4) is 0 Å². The molecule has 0 bridgehead atoms. The summed E-state index contributed by atoms with van der Waals surface area (Å²) in [5.74, 6) is 0.374. The van der Waals surface area contributed by atoms with Crippen molar-refractivity contribution < 1.29 is 9.90 Å². The van der Waals surface area contributed by atoms with Gasteiger partial charge in [-0.3, -0.25) is 9.69 Å². The zero-order valence-corrected chi connectivity index (χ0v) is 11.3. The van der Waals surface area contributed by atoms with Crippen LogP contribution in [0.25, 0.3) is 0 Å². The first-order chi connectivity index (χ1) is 8.02. The highest BCUT2D eigenvalue weighted by Crippen LogP contribution is 2.15. The minimum atomic E-state index is -0.201. The average molecular weight is 242 g/mol. The number of nitrogens with zero attached hydrogens (tertiary/aromatic N) is 1. The molecule has 100 valence electrons. The van der Waals surface area contributed by atoms with E-state index in [1.807, 2.05) is 13.8 Å². The fraction of sp³-hybridized carbons (Fsp3) is 0.923. The van der Waals surface area contributed by atoms with Crippen molar-refractivity contribution >= 4 is 5.91 Å². The Morgan fingerprint density at radius 3 is 2.88 bits per heavy atom. The maximum atomic E-state index is 11.8. The summed E-state index contributed by atoms with van der Waals surface area (Å²) in [5.41, 5.74) is 0. The van der Waals surface area contributed by atoms with Gasteiger partial charge in [0.05, 0.1) is 12.6 Å². The predicted octanol–water partition coefficient (Wildman–Crippen LogP) is 0.994. The fourth-order valence-corrected chi connectivity index (χ4v) is 2.39. The Labute approximate surface area is 104 Å². The molecule has 0 aromatic carbocycles. The molecule has 1 rings (SSSR count). The number of piperidine rings is 1. The summed E-state index contributed by atoms with van der Waals surface area (Å²) in [6, 6.07) is 0.264. The molecule has 0 aromatic rings. The molecule has 4 heteroatoms. The van der Waals surface area contributed by atoms with Crippen LogP contribution in [-0.2, 0) is 4.79 Å². The number of hydrogen-bond donors (Lipinski definition) is 2. The number of carbonyl (C=O) groups is 1. The number of hydrogen-bond acceptors (Lipinski definition) is 3. The van der Waals surface area contributed by atoms with Gasteiger partial charge in [0, 0.05) is 19.1 Å². The van der Waals surface area contributed by atoms with Gasteiger partial charge in [-0.1, -0.05) is 20.3 Å². The van der Waals surface area contributed by atoms with E-state index in [2.05, 4.69) is 17.1 Å². The third kappa shape index (κ3) is 5.04. The Morgan fingerprint density at radius 1 is 1.59 bits per heavy atom. The number of carbonyl (C=O) groups excluding carboxylic acids is 1. The lowest BCUT2D eigenvalue weighted by Crippen LogP contribution is -2.47. The predicted molar refractivity (Wildman–Crippen MR) is 68.7 cm³/mol. The lowest BCUT2D eigenvalue weighted by Gasteiger charge is -2.34. The molecule has 0 saturated carbocycles. The first kappa shape index (κ1) is 14.5. The van der Waals surface area contributed by atoms with Gasteiger partial charge in [-0.15, -0.1) is 0 Å². The third-order valence-corrected chi connectivity index (χ3v) is 3.44. The first-order valence-corrected chi connectivity index (χ1v) is 6.72. The minimum absolute atomic E-state index is 0.106. The molecule has 0 aromatic heterocycles. The maximum Gasteiger partial charge on any atom is 0.234 e.